The Hall–Kier alpha value is -2.02. The molecule has 1 aliphatic rings. The molecule has 5 nitrogen and oxygen atoms in total. The fourth-order valence-electron chi connectivity index (χ4n) is 3.19. The monoisotopic (exact) mass is 418 g/mol. The van der Waals surface area contributed by atoms with Gasteiger partial charge in [0.2, 0.25) is 11.8 Å². The van der Waals surface area contributed by atoms with Crippen LogP contribution in [0.25, 0.3) is 0 Å². The largest absolute Gasteiger partial charge is 0.331 e. The molecule has 0 saturated carbocycles. The molecular weight excluding hydrogens is 394 g/mol. The highest BCUT2D eigenvalue weighted by Gasteiger charge is 2.23. The maximum absolute atomic E-state index is 12.4. The molecule has 0 radical (unpaired) electrons. The lowest BCUT2D eigenvalue weighted by Gasteiger charge is -2.32. The number of amides is 2. The SMILES string of the molecule is O=C(CSCC(=O)N1CC[NH+](Cc2ccccc2)CC1)Nc1ccc(Cl)cc1. The van der Waals surface area contributed by atoms with Crippen LogP contribution in [0, 0.1) is 0 Å². The van der Waals surface area contributed by atoms with Gasteiger partial charge >= 0.3 is 0 Å². The fourth-order valence-corrected chi connectivity index (χ4v) is 4.03. The Labute approximate surface area is 175 Å². The maximum Gasteiger partial charge on any atom is 0.234 e. The molecule has 1 heterocycles. The van der Waals surface area contributed by atoms with E-state index in [0.717, 1.165) is 32.7 Å². The summed E-state index contributed by atoms with van der Waals surface area (Å²) >= 11 is 7.18. The molecule has 1 saturated heterocycles. The van der Waals surface area contributed by atoms with Gasteiger partial charge in [-0.25, -0.2) is 0 Å². The van der Waals surface area contributed by atoms with E-state index in [4.69, 9.17) is 11.6 Å². The number of quaternary nitrogens is 1. The number of carbonyl (C=O) groups is 2. The topological polar surface area (TPSA) is 53.9 Å². The van der Waals surface area contributed by atoms with Crippen LogP contribution in [0.5, 0.6) is 0 Å². The molecule has 28 heavy (non-hydrogen) atoms. The predicted octanol–water partition coefficient (Wildman–Crippen LogP) is 1.94. The van der Waals surface area contributed by atoms with Crippen molar-refractivity contribution in [2.24, 2.45) is 0 Å². The van der Waals surface area contributed by atoms with Gasteiger partial charge in [0, 0.05) is 16.3 Å². The number of halogens is 1. The maximum atomic E-state index is 12.4. The van der Waals surface area contributed by atoms with Crippen LogP contribution in [-0.4, -0.2) is 54.4 Å². The molecule has 2 aromatic rings. The molecule has 2 aromatic carbocycles. The second-order valence-electron chi connectivity index (χ2n) is 6.84. The zero-order chi connectivity index (χ0) is 19.8. The Balaban J connectivity index is 1.33. The third-order valence-electron chi connectivity index (χ3n) is 4.71. The Bertz CT molecular complexity index is 778. The van der Waals surface area contributed by atoms with E-state index in [1.165, 1.54) is 22.2 Å². The van der Waals surface area contributed by atoms with Crippen LogP contribution in [0.4, 0.5) is 5.69 Å². The van der Waals surface area contributed by atoms with Crippen molar-refractivity contribution < 1.29 is 14.5 Å². The molecule has 0 unspecified atom stereocenters. The molecule has 148 valence electrons. The van der Waals surface area contributed by atoms with Crippen molar-refractivity contribution in [3.05, 3.63) is 65.2 Å². The van der Waals surface area contributed by atoms with E-state index in [1.807, 2.05) is 11.0 Å². The lowest BCUT2D eigenvalue weighted by Crippen LogP contribution is -3.13. The van der Waals surface area contributed by atoms with Crippen molar-refractivity contribution in [1.82, 2.24) is 4.90 Å². The van der Waals surface area contributed by atoms with E-state index in [-0.39, 0.29) is 17.6 Å². The number of benzene rings is 2. The minimum atomic E-state index is -0.114. The molecule has 0 bridgehead atoms. The van der Waals surface area contributed by atoms with Gasteiger partial charge < -0.3 is 15.1 Å². The third-order valence-corrected chi connectivity index (χ3v) is 5.88. The highest BCUT2D eigenvalue weighted by molar-refractivity contribution is 8.00. The number of nitrogens with one attached hydrogen (secondary N) is 2. The molecule has 1 aliphatic heterocycles. The van der Waals surface area contributed by atoms with Crippen LogP contribution >= 0.6 is 23.4 Å². The van der Waals surface area contributed by atoms with Gasteiger partial charge in [-0.05, 0) is 24.3 Å². The summed E-state index contributed by atoms with van der Waals surface area (Å²) in [6.07, 6.45) is 0. The van der Waals surface area contributed by atoms with E-state index in [9.17, 15) is 9.59 Å². The summed E-state index contributed by atoms with van der Waals surface area (Å²) in [4.78, 5) is 27.8. The average Bonchev–Trinajstić information content (AvgIpc) is 2.71. The van der Waals surface area contributed by atoms with E-state index in [2.05, 4.69) is 29.6 Å². The normalized spacial score (nSPS) is 14.7. The predicted molar refractivity (Wildman–Crippen MR) is 115 cm³/mol. The van der Waals surface area contributed by atoms with Crippen molar-refractivity contribution in [2.75, 3.05) is 43.0 Å². The average molecular weight is 419 g/mol. The quantitative estimate of drug-likeness (QED) is 0.722. The first-order valence-electron chi connectivity index (χ1n) is 9.38. The zero-order valence-electron chi connectivity index (χ0n) is 15.7. The smallest absolute Gasteiger partial charge is 0.234 e. The second-order valence-corrected chi connectivity index (χ2v) is 8.26. The van der Waals surface area contributed by atoms with Gasteiger partial charge in [0.25, 0.3) is 0 Å². The summed E-state index contributed by atoms with van der Waals surface area (Å²) in [6, 6.07) is 17.4. The first kappa shape index (κ1) is 20.7. The lowest BCUT2D eigenvalue weighted by atomic mass is 10.2. The molecule has 2 amide bonds. The highest BCUT2D eigenvalue weighted by atomic mass is 35.5. The van der Waals surface area contributed by atoms with Crippen LogP contribution in [0.1, 0.15) is 5.56 Å². The molecule has 1 fully saturated rings. The number of hydrogen-bond donors (Lipinski definition) is 2. The summed E-state index contributed by atoms with van der Waals surface area (Å²) in [7, 11) is 0. The molecule has 2 N–H and O–H groups in total. The summed E-state index contributed by atoms with van der Waals surface area (Å²) in [6.45, 7) is 4.48. The molecule has 7 heteroatoms. The number of rotatable bonds is 7. The van der Waals surface area contributed by atoms with Crippen LogP contribution in [0.15, 0.2) is 54.6 Å². The molecule has 0 atom stereocenters. The van der Waals surface area contributed by atoms with Crippen LogP contribution in [0.3, 0.4) is 0 Å². The number of hydrogen-bond acceptors (Lipinski definition) is 3. The lowest BCUT2D eigenvalue weighted by molar-refractivity contribution is -0.917. The van der Waals surface area contributed by atoms with Crippen LogP contribution in [0.2, 0.25) is 5.02 Å². The Morgan fingerprint density at radius 1 is 1.00 bits per heavy atom. The van der Waals surface area contributed by atoms with Crippen molar-refractivity contribution in [1.29, 1.82) is 0 Å². The van der Waals surface area contributed by atoms with Gasteiger partial charge in [-0.3, -0.25) is 9.59 Å². The minimum Gasteiger partial charge on any atom is -0.331 e. The van der Waals surface area contributed by atoms with Gasteiger partial charge in [0.1, 0.15) is 6.54 Å². The van der Waals surface area contributed by atoms with E-state index in [1.54, 1.807) is 24.3 Å². The summed E-state index contributed by atoms with van der Waals surface area (Å²) in [5.74, 6) is 0.593. The first-order valence-corrected chi connectivity index (χ1v) is 10.9. The van der Waals surface area contributed by atoms with E-state index >= 15 is 0 Å². The van der Waals surface area contributed by atoms with Gasteiger partial charge in [-0.15, -0.1) is 11.8 Å². The molecule has 0 spiro atoms. The van der Waals surface area contributed by atoms with Crippen LogP contribution < -0.4 is 10.2 Å². The van der Waals surface area contributed by atoms with E-state index in [0.29, 0.717) is 16.5 Å². The fraction of sp³-hybridized carbons (Fsp3) is 0.333. The number of nitrogens with zero attached hydrogens (tertiary/aromatic N) is 1. The number of carbonyl (C=O) groups excluding carboxylic acids is 2. The molecule has 0 aromatic heterocycles. The van der Waals surface area contributed by atoms with Crippen LogP contribution in [-0.2, 0) is 16.1 Å². The zero-order valence-corrected chi connectivity index (χ0v) is 17.3. The highest BCUT2D eigenvalue weighted by Crippen LogP contribution is 2.14. The van der Waals surface area contributed by atoms with Gasteiger partial charge in [0.05, 0.1) is 37.7 Å². The second kappa shape index (κ2) is 10.5. The van der Waals surface area contributed by atoms with Crippen molar-refractivity contribution >= 4 is 40.9 Å². The Kier molecular flexibility index (Phi) is 7.77. The Morgan fingerprint density at radius 3 is 2.36 bits per heavy atom. The Morgan fingerprint density at radius 2 is 1.68 bits per heavy atom. The minimum absolute atomic E-state index is 0.114. The molecular formula is C21H25ClN3O2S+. The van der Waals surface area contributed by atoms with Gasteiger partial charge in [-0.2, -0.15) is 0 Å². The van der Waals surface area contributed by atoms with Crippen molar-refractivity contribution in [2.45, 2.75) is 6.54 Å². The number of thioether (sulfide) groups is 1. The first-order chi connectivity index (χ1) is 13.6. The summed E-state index contributed by atoms with van der Waals surface area (Å²) in [5.41, 5.74) is 2.04. The number of anilines is 1. The van der Waals surface area contributed by atoms with Crippen molar-refractivity contribution in [3.8, 4) is 0 Å². The number of piperazine rings is 1. The summed E-state index contributed by atoms with van der Waals surface area (Å²) < 4.78 is 0. The molecule has 3 rings (SSSR count). The molecule has 0 aliphatic carbocycles. The summed E-state index contributed by atoms with van der Waals surface area (Å²) in [5, 5.41) is 3.43. The van der Waals surface area contributed by atoms with E-state index < -0.39 is 0 Å². The van der Waals surface area contributed by atoms with Gasteiger partial charge in [-0.1, -0.05) is 41.9 Å². The standard InChI is InChI=1S/C21H24ClN3O2S/c22-18-6-8-19(9-7-18)23-20(26)15-28-16-21(27)25-12-10-24(11-13-25)14-17-4-2-1-3-5-17/h1-9H,10-16H2,(H,23,26)/p+1. The third kappa shape index (κ3) is 6.55. The van der Waals surface area contributed by atoms with Gasteiger partial charge in [0.15, 0.2) is 0 Å². The van der Waals surface area contributed by atoms with Crippen molar-refractivity contribution in [3.63, 3.8) is 0 Å².